The third-order valence-corrected chi connectivity index (χ3v) is 6.46. The third-order valence-electron chi connectivity index (χ3n) is 6.46. The molecule has 0 radical (unpaired) electrons. The van der Waals surface area contributed by atoms with Crippen LogP contribution < -0.4 is 4.74 Å². The number of rotatable bonds is 12. The smallest absolute Gasteiger partial charge is 0.347 e. The average molecular weight is 533 g/mol. The van der Waals surface area contributed by atoms with E-state index in [0.717, 1.165) is 37.3 Å². The molecule has 0 saturated carbocycles. The van der Waals surface area contributed by atoms with Gasteiger partial charge in [-0.15, -0.1) is 0 Å². The summed E-state index contributed by atoms with van der Waals surface area (Å²) in [5.41, 5.74) is 1.21. The van der Waals surface area contributed by atoms with E-state index in [1.54, 1.807) is 18.7 Å². The second-order valence-corrected chi connectivity index (χ2v) is 9.57. The van der Waals surface area contributed by atoms with Gasteiger partial charge in [-0.05, 0) is 81.8 Å². The van der Waals surface area contributed by atoms with Crippen LogP contribution in [0.15, 0.2) is 42.5 Å². The van der Waals surface area contributed by atoms with Crippen LogP contribution in [0.2, 0.25) is 0 Å². The van der Waals surface area contributed by atoms with E-state index in [9.17, 15) is 18.4 Å². The van der Waals surface area contributed by atoms with Gasteiger partial charge in [-0.3, -0.25) is 0 Å². The van der Waals surface area contributed by atoms with Crippen molar-refractivity contribution in [3.05, 3.63) is 65.2 Å². The summed E-state index contributed by atoms with van der Waals surface area (Å²) in [6, 6.07) is 10.9. The third kappa shape index (κ3) is 8.43. The number of amides is 2. The Morgan fingerprint density at radius 2 is 1.68 bits per heavy atom. The summed E-state index contributed by atoms with van der Waals surface area (Å²) in [6.07, 6.45) is 2.64. The maximum absolute atomic E-state index is 13.6. The van der Waals surface area contributed by atoms with E-state index < -0.39 is 23.7 Å². The van der Waals surface area contributed by atoms with Gasteiger partial charge in [0.15, 0.2) is 6.10 Å². The van der Waals surface area contributed by atoms with Crippen molar-refractivity contribution in [3.63, 3.8) is 0 Å². The Kier molecular flexibility index (Phi) is 12.0. The van der Waals surface area contributed by atoms with Crippen LogP contribution in [0.5, 0.6) is 5.75 Å². The van der Waals surface area contributed by atoms with E-state index in [2.05, 4.69) is 6.92 Å². The second-order valence-electron chi connectivity index (χ2n) is 9.57. The number of carbonyl (C=O) groups is 2. The van der Waals surface area contributed by atoms with Crippen LogP contribution in [0.25, 0.3) is 0 Å². The molecule has 2 atom stereocenters. The van der Waals surface area contributed by atoms with Gasteiger partial charge in [-0.1, -0.05) is 32.9 Å². The Bertz CT molecular complexity index is 1030. The van der Waals surface area contributed by atoms with Crippen molar-refractivity contribution < 1.29 is 27.8 Å². The summed E-state index contributed by atoms with van der Waals surface area (Å²) in [5.74, 6) is -1.08. The van der Waals surface area contributed by atoms with Crippen LogP contribution in [-0.4, -0.2) is 53.1 Å². The summed E-state index contributed by atoms with van der Waals surface area (Å²) >= 11 is 0. The van der Waals surface area contributed by atoms with Crippen LogP contribution in [0.1, 0.15) is 71.9 Å². The Morgan fingerprint density at radius 1 is 1.05 bits per heavy atom. The molecular weight excluding hydrogens is 490 g/mol. The largest absolute Gasteiger partial charge is 0.479 e. The molecule has 1 heterocycles. The Morgan fingerprint density at radius 3 is 2.26 bits per heavy atom. The average Bonchev–Trinajstić information content (AvgIpc) is 3.10. The van der Waals surface area contributed by atoms with Crippen molar-refractivity contribution in [1.82, 2.24) is 9.80 Å². The van der Waals surface area contributed by atoms with Crippen molar-refractivity contribution >= 4 is 12.0 Å². The van der Waals surface area contributed by atoms with Crippen LogP contribution >= 0.6 is 0 Å². The predicted octanol–water partition coefficient (Wildman–Crippen LogP) is 6.75. The molecular formula is C30H42F2N2O4. The van der Waals surface area contributed by atoms with Crippen LogP contribution in [0.3, 0.4) is 0 Å². The molecule has 38 heavy (non-hydrogen) atoms. The van der Waals surface area contributed by atoms with Crippen molar-refractivity contribution in [3.8, 4) is 5.75 Å². The maximum atomic E-state index is 13.6. The number of ether oxygens (including phenoxy) is 2. The van der Waals surface area contributed by atoms with Crippen molar-refractivity contribution in [1.29, 1.82) is 0 Å². The fourth-order valence-electron chi connectivity index (χ4n) is 4.73. The molecule has 0 spiro atoms. The molecule has 0 aliphatic carbocycles. The minimum atomic E-state index is -0.674. The van der Waals surface area contributed by atoms with Gasteiger partial charge in [0.2, 0.25) is 0 Å². The van der Waals surface area contributed by atoms with Crippen molar-refractivity contribution in [2.75, 3.05) is 19.7 Å². The number of hydrogen-bond donors (Lipinski definition) is 0. The van der Waals surface area contributed by atoms with E-state index in [4.69, 9.17) is 9.47 Å². The molecule has 2 aromatic carbocycles. The van der Waals surface area contributed by atoms with Gasteiger partial charge >= 0.3 is 12.0 Å². The van der Waals surface area contributed by atoms with E-state index in [0.29, 0.717) is 31.0 Å². The standard InChI is InChI=1S/C28H36F2N2O4.C2H6/c1-5-14-32-27(34)31(18-22-15-23(29)17-24(30)16-22)19-28(32,4)13-7-8-21-9-11-25(12-10-21)36-20(3)26(33)35-6-2;1-2/h9-12,15-17,20H,5-8,13-14,18-19H2,1-4H3;1-2H3. The fraction of sp³-hybridized carbons (Fsp3) is 0.533. The molecule has 3 rings (SSSR count). The molecule has 2 unspecified atom stereocenters. The topological polar surface area (TPSA) is 59.1 Å². The lowest BCUT2D eigenvalue weighted by molar-refractivity contribution is -0.150. The van der Waals surface area contributed by atoms with Crippen LogP contribution in [0, 0.1) is 11.6 Å². The van der Waals surface area contributed by atoms with E-state index in [-0.39, 0.29) is 18.1 Å². The second kappa shape index (κ2) is 14.7. The maximum Gasteiger partial charge on any atom is 0.347 e. The summed E-state index contributed by atoms with van der Waals surface area (Å²) in [4.78, 5) is 28.5. The molecule has 210 valence electrons. The van der Waals surface area contributed by atoms with Crippen LogP contribution in [0.4, 0.5) is 13.6 Å². The first-order valence-corrected chi connectivity index (χ1v) is 13.6. The number of aryl methyl sites for hydroxylation is 1. The Hall–Kier alpha value is -3.16. The highest BCUT2D eigenvalue weighted by Crippen LogP contribution is 2.33. The number of esters is 1. The number of hydrogen-bond acceptors (Lipinski definition) is 4. The molecule has 1 aliphatic rings. The molecule has 1 fully saturated rings. The summed E-state index contributed by atoms with van der Waals surface area (Å²) in [6.45, 7) is 13.2. The van der Waals surface area contributed by atoms with E-state index >= 15 is 0 Å². The highest BCUT2D eigenvalue weighted by molar-refractivity contribution is 5.78. The lowest BCUT2D eigenvalue weighted by atomic mass is 9.92. The minimum absolute atomic E-state index is 0.0961. The number of carbonyl (C=O) groups excluding carboxylic acids is 2. The zero-order chi connectivity index (χ0) is 28.3. The molecule has 0 aromatic heterocycles. The Labute approximate surface area is 225 Å². The first-order valence-electron chi connectivity index (χ1n) is 13.6. The van der Waals surface area contributed by atoms with Gasteiger partial charge in [-0.2, -0.15) is 0 Å². The Balaban J connectivity index is 0.00000247. The van der Waals surface area contributed by atoms with Crippen molar-refractivity contribution in [2.24, 2.45) is 0 Å². The highest BCUT2D eigenvalue weighted by Gasteiger charge is 2.45. The molecule has 0 bridgehead atoms. The minimum Gasteiger partial charge on any atom is -0.479 e. The van der Waals surface area contributed by atoms with Gasteiger partial charge in [0, 0.05) is 25.7 Å². The lowest BCUT2D eigenvalue weighted by Crippen LogP contribution is -2.45. The monoisotopic (exact) mass is 532 g/mol. The molecule has 6 nitrogen and oxygen atoms in total. The quantitative estimate of drug-likeness (QED) is 0.284. The highest BCUT2D eigenvalue weighted by atomic mass is 19.1. The van der Waals surface area contributed by atoms with Gasteiger partial charge in [0.1, 0.15) is 17.4 Å². The number of halogens is 2. The van der Waals surface area contributed by atoms with Crippen LogP contribution in [-0.2, 0) is 22.5 Å². The molecule has 0 N–H and O–H groups in total. The molecule has 2 amide bonds. The normalized spacial score (nSPS) is 17.6. The first kappa shape index (κ1) is 31.1. The van der Waals surface area contributed by atoms with Crippen molar-refractivity contribution in [2.45, 2.75) is 85.4 Å². The van der Waals surface area contributed by atoms with Gasteiger partial charge in [-0.25, -0.2) is 18.4 Å². The number of urea groups is 1. The van der Waals surface area contributed by atoms with E-state index in [1.807, 2.05) is 49.9 Å². The van der Waals surface area contributed by atoms with Gasteiger partial charge in [0.25, 0.3) is 0 Å². The lowest BCUT2D eigenvalue weighted by Gasteiger charge is -2.33. The molecule has 8 heteroatoms. The van der Waals surface area contributed by atoms with Gasteiger partial charge in [0.05, 0.1) is 12.1 Å². The van der Waals surface area contributed by atoms with Gasteiger partial charge < -0.3 is 19.3 Å². The zero-order valence-electron chi connectivity index (χ0n) is 23.6. The predicted molar refractivity (Wildman–Crippen MR) is 145 cm³/mol. The summed E-state index contributed by atoms with van der Waals surface area (Å²) in [5, 5.41) is 0. The summed E-state index contributed by atoms with van der Waals surface area (Å²) in [7, 11) is 0. The van der Waals surface area contributed by atoms with E-state index in [1.165, 1.54) is 12.1 Å². The number of nitrogens with zero attached hydrogens (tertiary/aromatic N) is 2. The fourth-order valence-corrected chi connectivity index (χ4v) is 4.73. The summed E-state index contributed by atoms with van der Waals surface area (Å²) < 4.78 is 37.9. The number of benzene rings is 2. The molecule has 1 aliphatic heterocycles. The zero-order valence-corrected chi connectivity index (χ0v) is 23.6. The SMILES string of the molecule is CC.CCCN1C(=O)N(Cc2cc(F)cc(F)c2)CC1(C)CCCc1ccc(OC(C)C(=O)OCC)cc1. The first-order chi connectivity index (χ1) is 18.1. The molecule has 2 aromatic rings. The molecule has 1 saturated heterocycles.